The molecule has 1 unspecified atom stereocenters. The Morgan fingerprint density at radius 1 is 1.67 bits per heavy atom. The second kappa shape index (κ2) is 4.79. The first-order valence-corrected chi connectivity index (χ1v) is 7.06. The molecule has 0 saturated heterocycles. The number of nitrogens with zero attached hydrogens (tertiary/aromatic N) is 2. The van der Waals surface area contributed by atoms with E-state index < -0.39 is 10.8 Å². The highest BCUT2D eigenvalue weighted by Crippen LogP contribution is 2.23. The van der Waals surface area contributed by atoms with E-state index in [0.717, 1.165) is 24.7 Å². The van der Waals surface area contributed by atoms with Crippen molar-refractivity contribution in [3.63, 3.8) is 0 Å². The molecule has 4 nitrogen and oxygen atoms in total. The zero-order chi connectivity index (χ0) is 10.7. The second-order valence-electron chi connectivity index (χ2n) is 3.99. The molecular weight excluding hydrogens is 210 g/mol. The van der Waals surface area contributed by atoms with Gasteiger partial charge < -0.3 is 9.88 Å². The van der Waals surface area contributed by atoms with Crippen LogP contribution in [0, 0.1) is 0 Å². The fourth-order valence-electron chi connectivity index (χ4n) is 1.48. The lowest BCUT2D eigenvalue weighted by molar-refractivity contribution is 0.662. The molecule has 1 N–H and O–H groups in total. The highest BCUT2D eigenvalue weighted by atomic mass is 32.2. The van der Waals surface area contributed by atoms with Crippen molar-refractivity contribution in [3.05, 3.63) is 12.4 Å². The fourth-order valence-corrected chi connectivity index (χ4v) is 2.01. The van der Waals surface area contributed by atoms with Crippen LogP contribution in [0.2, 0.25) is 0 Å². The van der Waals surface area contributed by atoms with Gasteiger partial charge in [-0.3, -0.25) is 4.21 Å². The molecule has 1 aliphatic carbocycles. The average Bonchev–Trinajstić information content (AvgIpc) is 2.87. The summed E-state index contributed by atoms with van der Waals surface area (Å²) in [5.41, 5.74) is 0. The molecule has 0 aliphatic heterocycles. The van der Waals surface area contributed by atoms with Gasteiger partial charge in [0, 0.05) is 47.8 Å². The van der Waals surface area contributed by atoms with Crippen LogP contribution in [-0.4, -0.2) is 31.8 Å². The summed E-state index contributed by atoms with van der Waals surface area (Å²) < 4.78 is 13.0. The van der Waals surface area contributed by atoms with Crippen LogP contribution >= 0.6 is 0 Å². The summed E-state index contributed by atoms with van der Waals surface area (Å²) in [5, 5.41) is 3.38. The SMILES string of the molecule is CS(=O)CCCn1ccnc1NC1CC1. The summed E-state index contributed by atoms with van der Waals surface area (Å²) in [6, 6.07) is 0.631. The van der Waals surface area contributed by atoms with Gasteiger partial charge in [-0.15, -0.1) is 0 Å². The number of imidazole rings is 1. The maximum absolute atomic E-state index is 10.9. The number of hydrogen-bond donors (Lipinski definition) is 1. The predicted molar refractivity (Wildman–Crippen MR) is 62.4 cm³/mol. The van der Waals surface area contributed by atoms with Crippen LogP contribution in [0.15, 0.2) is 12.4 Å². The number of aromatic nitrogens is 2. The van der Waals surface area contributed by atoms with Crippen molar-refractivity contribution in [1.82, 2.24) is 9.55 Å². The molecule has 0 spiro atoms. The zero-order valence-electron chi connectivity index (χ0n) is 8.98. The van der Waals surface area contributed by atoms with Crippen molar-refractivity contribution in [3.8, 4) is 0 Å². The molecule has 1 fully saturated rings. The summed E-state index contributed by atoms with van der Waals surface area (Å²) in [5.74, 6) is 1.72. The lowest BCUT2D eigenvalue weighted by Gasteiger charge is -2.08. The van der Waals surface area contributed by atoms with Gasteiger partial charge in [0.25, 0.3) is 0 Å². The monoisotopic (exact) mass is 227 g/mol. The molecule has 1 aliphatic rings. The Morgan fingerprint density at radius 2 is 2.47 bits per heavy atom. The zero-order valence-corrected chi connectivity index (χ0v) is 9.80. The first-order valence-electron chi connectivity index (χ1n) is 5.33. The van der Waals surface area contributed by atoms with Gasteiger partial charge in [0.1, 0.15) is 0 Å². The first kappa shape index (κ1) is 10.7. The van der Waals surface area contributed by atoms with Gasteiger partial charge in [-0.05, 0) is 19.3 Å². The molecule has 0 bridgehead atoms. The molecule has 1 saturated carbocycles. The van der Waals surface area contributed by atoms with Gasteiger partial charge in [0.15, 0.2) is 0 Å². The predicted octanol–water partition coefficient (Wildman–Crippen LogP) is 1.23. The topological polar surface area (TPSA) is 46.9 Å². The molecule has 1 heterocycles. The van der Waals surface area contributed by atoms with Crippen LogP contribution in [0.25, 0.3) is 0 Å². The average molecular weight is 227 g/mol. The third-order valence-corrected chi connectivity index (χ3v) is 3.32. The molecule has 0 aromatic carbocycles. The second-order valence-corrected chi connectivity index (χ2v) is 5.55. The summed E-state index contributed by atoms with van der Waals surface area (Å²) >= 11 is 0. The molecule has 1 aromatic rings. The van der Waals surface area contributed by atoms with E-state index in [-0.39, 0.29) is 0 Å². The number of anilines is 1. The highest BCUT2D eigenvalue weighted by molar-refractivity contribution is 7.84. The van der Waals surface area contributed by atoms with Gasteiger partial charge >= 0.3 is 0 Å². The van der Waals surface area contributed by atoms with Crippen LogP contribution in [0.5, 0.6) is 0 Å². The summed E-state index contributed by atoms with van der Waals surface area (Å²) in [4.78, 5) is 4.27. The fraction of sp³-hybridized carbons (Fsp3) is 0.700. The number of nitrogens with one attached hydrogen (secondary N) is 1. The summed E-state index contributed by atoms with van der Waals surface area (Å²) in [6.07, 6.45) is 8.99. The number of hydrogen-bond acceptors (Lipinski definition) is 3. The van der Waals surface area contributed by atoms with Gasteiger partial charge in [0.2, 0.25) is 5.95 Å². The minimum atomic E-state index is -0.686. The largest absolute Gasteiger partial charge is 0.353 e. The standard InChI is InChI=1S/C10H17N3OS/c1-15(14)8-2-6-13-7-5-11-10(13)12-9-3-4-9/h5,7,9H,2-4,6,8H2,1H3,(H,11,12). The third kappa shape index (κ3) is 3.34. The normalized spacial score (nSPS) is 17.7. The third-order valence-electron chi connectivity index (χ3n) is 2.46. The molecular formula is C10H17N3OS. The molecule has 0 amide bonds. The van der Waals surface area contributed by atoms with Crippen molar-refractivity contribution in [2.45, 2.75) is 31.8 Å². The Balaban J connectivity index is 1.83. The Labute approximate surface area is 92.5 Å². The minimum absolute atomic E-state index is 0.631. The number of aryl methyl sites for hydroxylation is 1. The molecule has 1 aromatic heterocycles. The van der Waals surface area contributed by atoms with E-state index in [1.165, 1.54) is 12.8 Å². The van der Waals surface area contributed by atoms with Crippen LogP contribution in [0.1, 0.15) is 19.3 Å². The number of rotatable bonds is 6. The first-order chi connectivity index (χ1) is 7.25. The van der Waals surface area contributed by atoms with Crippen molar-refractivity contribution in [2.75, 3.05) is 17.3 Å². The Hall–Kier alpha value is -0.840. The van der Waals surface area contributed by atoms with Crippen molar-refractivity contribution < 1.29 is 4.21 Å². The summed E-state index contributed by atoms with van der Waals surface area (Å²) in [7, 11) is -0.686. The van der Waals surface area contributed by atoms with Gasteiger partial charge in [-0.2, -0.15) is 0 Å². The lowest BCUT2D eigenvalue weighted by Crippen LogP contribution is -2.10. The van der Waals surface area contributed by atoms with Crippen LogP contribution in [0.4, 0.5) is 5.95 Å². The van der Waals surface area contributed by atoms with Gasteiger partial charge in [-0.25, -0.2) is 4.98 Å². The van der Waals surface area contributed by atoms with Crippen LogP contribution < -0.4 is 5.32 Å². The van der Waals surface area contributed by atoms with E-state index in [9.17, 15) is 4.21 Å². The molecule has 15 heavy (non-hydrogen) atoms. The minimum Gasteiger partial charge on any atom is -0.353 e. The highest BCUT2D eigenvalue weighted by Gasteiger charge is 2.22. The van der Waals surface area contributed by atoms with Crippen molar-refractivity contribution in [1.29, 1.82) is 0 Å². The van der Waals surface area contributed by atoms with Crippen molar-refractivity contribution in [2.24, 2.45) is 0 Å². The van der Waals surface area contributed by atoms with Gasteiger partial charge in [-0.1, -0.05) is 0 Å². The van der Waals surface area contributed by atoms with Gasteiger partial charge in [0.05, 0.1) is 0 Å². The smallest absolute Gasteiger partial charge is 0.202 e. The maximum atomic E-state index is 10.9. The molecule has 5 heteroatoms. The van der Waals surface area contributed by atoms with E-state index in [0.29, 0.717) is 6.04 Å². The van der Waals surface area contributed by atoms with Crippen molar-refractivity contribution >= 4 is 16.7 Å². The van der Waals surface area contributed by atoms with E-state index in [4.69, 9.17) is 0 Å². The summed E-state index contributed by atoms with van der Waals surface area (Å²) in [6.45, 7) is 0.897. The Bertz CT molecular complexity index is 346. The van der Waals surface area contributed by atoms with E-state index in [1.54, 1.807) is 6.26 Å². The molecule has 84 valence electrons. The Kier molecular flexibility index (Phi) is 3.41. The van der Waals surface area contributed by atoms with E-state index in [2.05, 4.69) is 14.9 Å². The van der Waals surface area contributed by atoms with E-state index in [1.807, 2.05) is 12.4 Å². The molecule has 2 rings (SSSR count). The Morgan fingerprint density at radius 3 is 3.13 bits per heavy atom. The lowest BCUT2D eigenvalue weighted by atomic mass is 10.5. The molecule has 1 atom stereocenters. The van der Waals surface area contributed by atoms with Crippen LogP contribution in [-0.2, 0) is 17.3 Å². The molecule has 0 radical (unpaired) electrons. The maximum Gasteiger partial charge on any atom is 0.202 e. The quantitative estimate of drug-likeness (QED) is 0.795. The van der Waals surface area contributed by atoms with Crippen LogP contribution in [0.3, 0.4) is 0 Å². The van der Waals surface area contributed by atoms with E-state index >= 15 is 0 Å².